The molecule has 0 saturated carbocycles. The highest BCUT2D eigenvalue weighted by atomic mass is 35.5. The van der Waals surface area contributed by atoms with E-state index in [9.17, 15) is 4.79 Å². The van der Waals surface area contributed by atoms with Crippen LogP contribution in [-0.4, -0.2) is 25.6 Å². The predicted molar refractivity (Wildman–Crippen MR) is 71.9 cm³/mol. The molecule has 0 unspecified atom stereocenters. The second-order valence-corrected chi connectivity index (χ2v) is 4.92. The van der Waals surface area contributed by atoms with Crippen LogP contribution in [-0.2, 0) is 13.6 Å². The van der Waals surface area contributed by atoms with Crippen LogP contribution in [0, 0.1) is 0 Å². The minimum absolute atomic E-state index is 0.0622. The van der Waals surface area contributed by atoms with E-state index in [1.54, 1.807) is 24.3 Å². The first-order valence-corrected chi connectivity index (χ1v) is 7.12. The van der Waals surface area contributed by atoms with Crippen molar-refractivity contribution in [2.24, 2.45) is 0 Å². The van der Waals surface area contributed by atoms with Gasteiger partial charge in [0.05, 0.1) is 13.2 Å². The van der Waals surface area contributed by atoms with Crippen molar-refractivity contribution in [3.8, 4) is 0 Å². The van der Waals surface area contributed by atoms with Crippen LogP contribution in [0.4, 0.5) is 0 Å². The molecule has 0 aliphatic carbocycles. The van der Waals surface area contributed by atoms with Gasteiger partial charge in [0.2, 0.25) is 0 Å². The van der Waals surface area contributed by atoms with Crippen LogP contribution in [0.1, 0.15) is 24.2 Å². The van der Waals surface area contributed by atoms with Crippen LogP contribution in [0.3, 0.4) is 0 Å². The monoisotopic (exact) mass is 290 g/mol. The molecule has 1 rings (SSSR count). The Bertz CT molecular complexity index is 363. The number of ketones is 1. The van der Waals surface area contributed by atoms with Crippen LogP contribution in [0.2, 0.25) is 5.02 Å². The van der Waals surface area contributed by atoms with Crippen molar-refractivity contribution in [1.29, 1.82) is 0 Å². The Kier molecular flexibility index (Phi) is 7.40. The first-order chi connectivity index (χ1) is 8.67. The summed E-state index contributed by atoms with van der Waals surface area (Å²) in [6.45, 7) is 4.60. The molecule has 0 amide bonds. The SMILES string of the molecule is CCOP(OCC)OCC(=O)c1ccc(Cl)cc1. The van der Waals surface area contributed by atoms with Gasteiger partial charge < -0.3 is 13.6 Å². The third-order valence-electron chi connectivity index (χ3n) is 1.94. The predicted octanol–water partition coefficient (Wildman–Crippen LogP) is 3.84. The van der Waals surface area contributed by atoms with Gasteiger partial charge in [0.25, 0.3) is 0 Å². The molecule has 0 radical (unpaired) electrons. The van der Waals surface area contributed by atoms with E-state index in [0.29, 0.717) is 23.8 Å². The Balaban J connectivity index is 2.46. The molecule has 0 atom stereocenters. The Hall–Kier alpha value is -0.510. The fraction of sp³-hybridized carbons (Fsp3) is 0.417. The number of rotatable bonds is 8. The molecule has 1 aromatic carbocycles. The summed E-state index contributed by atoms with van der Waals surface area (Å²) in [5, 5.41) is 0.596. The molecule has 0 aliphatic heterocycles. The summed E-state index contributed by atoms with van der Waals surface area (Å²) in [4.78, 5) is 11.8. The van der Waals surface area contributed by atoms with E-state index in [4.69, 9.17) is 25.2 Å². The topological polar surface area (TPSA) is 44.8 Å². The molecular weight excluding hydrogens is 275 g/mol. The van der Waals surface area contributed by atoms with Crippen molar-refractivity contribution in [3.05, 3.63) is 34.9 Å². The smallest absolute Gasteiger partial charge is 0.313 e. The van der Waals surface area contributed by atoms with Gasteiger partial charge in [-0.1, -0.05) is 11.6 Å². The lowest BCUT2D eigenvalue weighted by Crippen LogP contribution is -2.08. The summed E-state index contributed by atoms with van der Waals surface area (Å²) in [6.07, 6.45) is 0. The third kappa shape index (κ3) is 5.42. The molecule has 0 spiro atoms. The van der Waals surface area contributed by atoms with Crippen molar-refractivity contribution in [3.63, 3.8) is 0 Å². The van der Waals surface area contributed by atoms with Crippen LogP contribution in [0.15, 0.2) is 24.3 Å². The number of halogens is 1. The van der Waals surface area contributed by atoms with Crippen molar-refractivity contribution in [2.75, 3.05) is 19.8 Å². The maximum atomic E-state index is 11.8. The van der Waals surface area contributed by atoms with E-state index in [1.165, 1.54) is 0 Å². The molecule has 0 aromatic heterocycles. The first-order valence-electron chi connectivity index (χ1n) is 5.65. The normalized spacial score (nSPS) is 10.9. The zero-order valence-electron chi connectivity index (χ0n) is 10.4. The van der Waals surface area contributed by atoms with Gasteiger partial charge in [-0.25, -0.2) is 0 Å². The summed E-state index contributed by atoms with van der Waals surface area (Å²) in [5.74, 6) is -0.126. The number of Topliss-reactive ketones (excluding diaryl/α,β-unsaturated/α-hetero) is 1. The highest BCUT2D eigenvalue weighted by molar-refractivity contribution is 7.41. The lowest BCUT2D eigenvalue weighted by Gasteiger charge is -2.14. The van der Waals surface area contributed by atoms with Crippen LogP contribution in [0.25, 0.3) is 0 Å². The fourth-order valence-electron chi connectivity index (χ4n) is 1.15. The average Bonchev–Trinajstić information content (AvgIpc) is 2.37. The third-order valence-corrected chi connectivity index (χ3v) is 3.47. The number of benzene rings is 1. The van der Waals surface area contributed by atoms with Gasteiger partial charge >= 0.3 is 8.60 Å². The van der Waals surface area contributed by atoms with Crippen molar-refractivity contribution < 1.29 is 18.4 Å². The molecule has 0 aliphatic rings. The standard InChI is InChI=1S/C12H16ClO4P/c1-3-15-18(16-4-2)17-9-12(14)10-5-7-11(13)8-6-10/h5-8H,3-4,9H2,1-2H3. The fourth-order valence-corrected chi connectivity index (χ4v) is 2.15. The molecule has 6 heteroatoms. The Morgan fingerprint density at radius 2 is 1.67 bits per heavy atom. The Morgan fingerprint density at radius 1 is 1.11 bits per heavy atom. The first kappa shape index (κ1) is 15.5. The lowest BCUT2D eigenvalue weighted by molar-refractivity contribution is 0.0882. The van der Waals surface area contributed by atoms with E-state index >= 15 is 0 Å². The van der Waals surface area contributed by atoms with Crippen molar-refractivity contribution in [2.45, 2.75) is 13.8 Å². The van der Waals surface area contributed by atoms with Crippen molar-refractivity contribution >= 4 is 26.0 Å². The minimum Gasteiger partial charge on any atom is -0.313 e. The maximum Gasteiger partial charge on any atom is 0.333 e. The molecule has 0 saturated heterocycles. The van der Waals surface area contributed by atoms with Gasteiger partial charge in [-0.2, -0.15) is 0 Å². The summed E-state index contributed by atoms with van der Waals surface area (Å²) in [5.41, 5.74) is 0.558. The zero-order valence-corrected chi connectivity index (χ0v) is 12.0. The van der Waals surface area contributed by atoms with E-state index in [2.05, 4.69) is 0 Å². The highest BCUT2D eigenvalue weighted by Crippen LogP contribution is 2.39. The van der Waals surface area contributed by atoms with Gasteiger partial charge in [0, 0.05) is 10.6 Å². The Labute approximate surface area is 113 Å². The Morgan fingerprint density at radius 3 is 2.17 bits per heavy atom. The van der Waals surface area contributed by atoms with E-state index in [1.807, 2.05) is 13.8 Å². The second kappa shape index (κ2) is 8.57. The van der Waals surface area contributed by atoms with Gasteiger partial charge in [0.1, 0.15) is 6.61 Å². The van der Waals surface area contributed by atoms with Crippen molar-refractivity contribution in [1.82, 2.24) is 0 Å². The maximum absolute atomic E-state index is 11.8. The molecule has 18 heavy (non-hydrogen) atoms. The molecule has 4 nitrogen and oxygen atoms in total. The number of hydrogen-bond donors (Lipinski definition) is 0. The molecule has 0 heterocycles. The lowest BCUT2D eigenvalue weighted by atomic mass is 10.1. The molecular formula is C12H16ClO4P. The summed E-state index contributed by atoms with van der Waals surface area (Å²) in [7, 11) is -1.44. The minimum atomic E-state index is -1.44. The number of hydrogen-bond acceptors (Lipinski definition) is 4. The van der Waals surface area contributed by atoms with E-state index in [-0.39, 0.29) is 12.4 Å². The highest BCUT2D eigenvalue weighted by Gasteiger charge is 2.14. The van der Waals surface area contributed by atoms with E-state index < -0.39 is 8.60 Å². The molecule has 100 valence electrons. The van der Waals surface area contributed by atoms with Gasteiger partial charge in [-0.05, 0) is 38.1 Å². The van der Waals surface area contributed by atoms with Crippen LogP contribution in [0.5, 0.6) is 0 Å². The largest absolute Gasteiger partial charge is 0.333 e. The second-order valence-electron chi connectivity index (χ2n) is 3.26. The summed E-state index contributed by atoms with van der Waals surface area (Å²) < 4.78 is 15.8. The molecule has 0 bridgehead atoms. The van der Waals surface area contributed by atoms with Gasteiger partial charge in [0.15, 0.2) is 5.78 Å². The quantitative estimate of drug-likeness (QED) is 0.539. The van der Waals surface area contributed by atoms with Crippen LogP contribution < -0.4 is 0 Å². The number of carbonyl (C=O) groups is 1. The van der Waals surface area contributed by atoms with Crippen LogP contribution >= 0.6 is 20.2 Å². The number of carbonyl (C=O) groups excluding carboxylic acids is 1. The molecule has 0 fully saturated rings. The summed E-state index contributed by atoms with van der Waals surface area (Å²) >= 11 is 5.75. The zero-order chi connectivity index (χ0) is 13.4. The summed E-state index contributed by atoms with van der Waals surface area (Å²) in [6, 6.07) is 6.67. The van der Waals surface area contributed by atoms with E-state index in [0.717, 1.165) is 0 Å². The van der Waals surface area contributed by atoms with Gasteiger partial charge in [-0.3, -0.25) is 4.79 Å². The molecule has 1 aromatic rings. The average molecular weight is 291 g/mol. The van der Waals surface area contributed by atoms with Gasteiger partial charge in [-0.15, -0.1) is 0 Å². The molecule has 0 N–H and O–H groups in total.